The van der Waals surface area contributed by atoms with E-state index in [1.54, 1.807) is 11.6 Å². The Morgan fingerprint density at radius 3 is 2.74 bits per heavy atom. The second-order valence-corrected chi connectivity index (χ2v) is 9.00. The van der Waals surface area contributed by atoms with Crippen LogP contribution in [0.15, 0.2) is 35.5 Å². The van der Waals surface area contributed by atoms with E-state index in [2.05, 4.69) is 26.3 Å². The van der Waals surface area contributed by atoms with Crippen LogP contribution in [0.5, 0.6) is 0 Å². The number of carbonyl (C=O) groups excluding carboxylic acids is 3. The molecular formula is C20H25N7O3S. The van der Waals surface area contributed by atoms with E-state index in [1.165, 1.54) is 11.8 Å². The van der Waals surface area contributed by atoms with E-state index in [4.69, 9.17) is 0 Å². The molecule has 10 nitrogen and oxygen atoms in total. The molecule has 31 heavy (non-hydrogen) atoms. The molecule has 164 valence electrons. The Balaban J connectivity index is 1.31. The Morgan fingerprint density at radius 2 is 2.00 bits per heavy atom. The minimum absolute atomic E-state index is 0.00904. The Hall–Kier alpha value is -2.95. The van der Waals surface area contributed by atoms with E-state index in [-0.39, 0.29) is 11.8 Å². The summed E-state index contributed by atoms with van der Waals surface area (Å²) in [4.78, 5) is 37.6. The number of hydrazine groups is 1. The predicted octanol–water partition coefficient (Wildman–Crippen LogP) is 1.85. The van der Waals surface area contributed by atoms with Gasteiger partial charge in [-0.2, -0.15) is 5.01 Å². The first-order valence-electron chi connectivity index (χ1n) is 10.4. The van der Waals surface area contributed by atoms with E-state index in [0.717, 1.165) is 36.3 Å². The maximum atomic E-state index is 12.8. The first-order chi connectivity index (χ1) is 15.0. The second kappa shape index (κ2) is 9.04. The van der Waals surface area contributed by atoms with Crippen LogP contribution in [-0.2, 0) is 16.0 Å². The molecule has 2 N–H and O–H groups in total. The highest BCUT2D eigenvalue weighted by atomic mass is 32.2. The molecule has 4 rings (SSSR count). The van der Waals surface area contributed by atoms with Crippen LogP contribution < -0.4 is 10.7 Å². The number of carbonyl (C=O) groups is 3. The van der Waals surface area contributed by atoms with Crippen LogP contribution in [0.4, 0.5) is 4.79 Å². The fourth-order valence-corrected chi connectivity index (χ4v) is 4.68. The first-order valence-corrected chi connectivity index (χ1v) is 11.4. The standard InChI is InChI=1S/C20H25N7O3S/c1-20(12-11-14-7-3-2-4-8-14)17(29)27(18(30)21-20)23-16(28)13-31-19-22-24-25-26(19)15-9-5-6-10-15/h2-4,7-8,15H,5-6,9-13H2,1H3,(H,21,30)(H,23,28)/t20-/m1/s1. The summed E-state index contributed by atoms with van der Waals surface area (Å²) in [5, 5.41) is 15.8. The summed E-state index contributed by atoms with van der Waals surface area (Å²) in [6.45, 7) is 1.67. The molecule has 1 aliphatic heterocycles. The zero-order valence-electron chi connectivity index (χ0n) is 17.3. The van der Waals surface area contributed by atoms with Crippen molar-refractivity contribution in [2.75, 3.05) is 5.75 Å². The molecule has 0 radical (unpaired) electrons. The van der Waals surface area contributed by atoms with Crippen molar-refractivity contribution in [3.63, 3.8) is 0 Å². The average Bonchev–Trinajstić information content (AvgIpc) is 3.49. The second-order valence-electron chi connectivity index (χ2n) is 8.06. The van der Waals surface area contributed by atoms with Crippen molar-refractivity contribution < 1.29 is 14.4 Å². The molecule has 2 heterocycles. The number of amides is 4. The normalized spacial score (nSPS) is 21.5. The average molecular weight is 444 g/mol. The van der Waals surface area contributed by atoms with Gasteiger partial charge in [-0.3, -0.25) is 15.0 Å². The number of nitrogens with zero attached hydrogens (tertiary/aromatic N) is 5. The SMILES string of the molecule is C[C@]1(CCc2ccccc2)NC(=O)N(NC(=O)CSc2nnnn2C2CCCC2)C1=O. The lowest BCUT2D eigenvalue weighted by atomic mass is 9.93. The summed E-state index contributed by atoms with van der Waals surface area (Å²) in [7, 11) is 0. The number of aromatic nitrogens is 4. The quantitative estimate of drug-likeness (QED) is 0.472. The lowest BCUT2D eigenvalue weighted by Gasteiger charge is -2.21. The van der Waals surface area contributed by atoms with Gasteiger partial charge in [0, 0.05) is 0 Å². The highest BCUT2D eigenvalue weighted by molar-refractivity contribution is 7.99. The van der Waals surface area contributed by atoms with Crippen LogP contribution in [-0.4, -0.2) is 54.4 Å². The van der Waals surface area contributed by atoms with Gasteiger partial charge in [-0.1, -0.05) is 54.9 Å². The van der Waals surface area contributed by atoms with Crippen LogP contribution in [0, 0.1) is 0 Å². The number of thioether (sulfide) groups is 1. The number of benzene rings is 1. The first kappa shape index (κ1) is 21.3. The van der Waals surface area contributed by atoms with Gasteiger partial charge in [0.2, 0.25) is 11.1 Å². The van der Waals surface area contributed by atoms with Gasteiger partial charge >= 0.3 is 6.03 Å². The number of aryl methyl sites for hydroxylation is 1. The Bertz CT molecular complexity index is 961. The van der Waals surface area contributed by atoms with Crippen LogP contribution in [0.1, 0.15) is 50.6 Å². The van der Waals surface area contributed by atoms with Gasteiger partial charge in [-0.25, -0.2) is 9.48 Å². The van der Waals surface area contributed by atoms with Crippen LogP contribution in [0.2, 0.25) is 0 Å². The molecule has 4 amide bonds. The van der Waals surface area contributed by atoms with Crippen molar-refractivity contribution in [1.82, 2.24) is 36.0 Å². The van der Waals surface area contributed by atoms with Crippen molar-refractivity contribution in [1.29, 1.82) is 0 Å². The highest BCUT2D eigenvalue weighted by Crippen LogP contribution is 2.31. The number of tetrazole rings is 1. The van der Waals surface area contributed by atoms with Crippen LogP contribution >= 0.6 is 11.8 Å². The number of urea groups is 1. The number of hydrogen-bond acceptors (Lipinski definition) is 7. The van der Waals surface area contributed by atoms with Crippen molar-refractivity contribution in [3.05, 3.63) is 35.9 Å². The Kier molecular flexibility index (Phi) is 6.21. The fourth-order valence-electron chi connectivity index (χ4n) is 3.94. The third-order valence-electron chi connectivity index (χ3n) is 5.72. The molecule has 1 aliphatic carbocycles. The number of hydrogen-bond donors (Lipinski definition) is 2. The molecule has 1 aromatic heterocycles. The zero-order valence-corrected chi connectivity index (χ0v) is 18.1. The minimum atomic E-state index is -1.07. The maximum absolute atomic E-state index is 12.8. The van der Waals surface area contributed by atoms with E-state index >= 15 is 0 Å². The van der Waals surface area contributed by atoms with Crippen molar-refractivity contribution in [2.45, 2.75) is 62.2 Å². The molecule has 0 bridgehead atoms. The maximum Gasteiger partial charge on any atom is 0.344 e. The van der Waals surface area contributed by atoms with Crippen molar-refractivity contribution in [2.24, 2.45) is 0 Å². The molecule has 2 aliphatic rings. The lowest BCUT2D eigenvalue weighted by Crippen LogP contribution is -2.49. The van der Waals surface area contributed by atoms with Gasteiger partial charge in [-0.15, -0.1) is 5.10 Å². The molecule has 2 aromatic rings. The molecule has 0 unspecified atom stereocenters. The molecule has 1 saturated heterocycles. The van der Waals surface area contributed by atoms with Gasteiger partial charge in [-0.05, 0) is 48.6 Å². The largest absolute Gasteiger partial charge is 0.344 e. The number of imide groups is 1. The Morgan fingerprint density at radius 1 is 1.26 bits per heavy atom. The van der Waals surface area contributed by atoms with Gasteiger partial charge in [0.05, 0.1) is 11.8 Å². The minimum Gasteiger partial charge on any atom is -0.322 e. The van der Waals surface area contributed by atoms with E-state index in [9.17, 15) is 14.4 Å². The van der Waals surface area contributed by atoms with E-state index in [0.29, 0.717) is 18.0 Å². The highest BCUT2D eigenvalue weighted by Gasteiger charge is 2.48. The predicted molar refractivity (Wildman–Crippen MR) is 113 cm³/mol. The molecule has 1 saturated carbocycles. The summed E-state index contributed by atoms with van der Waals surface area (Å²) >= 11 is 1.19. The summed E-state index contributed by atoms with van der Waals surface area (Å²) in [6.07, 6.45) is 5.39. The van der Waals surface area contributed by atoms with Crippen LogP contribution in [0.25, 0.3) is 0 Å². The lowest BCUT2D eigenvalue weighted by molar-refractivity contribution is -0.138. The van der Waals surface area contributed by atoms with Crippen molar-refractivity contribution in [3.8, 4) is 0 Å². The zero-order chi connectivity index (χ0) is 21.8. The fraction of sp³-hybridized carbons (Fsp3) is 0.500. The van der Waals surface area contributed by atoms with E-state index in [1.807, 2.05) is 30.3 Å². The molecule has 1 atom stereocenters. The van der Waals surface area contributed by atoms with Gasteiger partial charge in [0.1, 0.15) is 5.54 Å². The summed E-state index contributed by atoms with van der Waals surface area (Å²) in [5.41, 5.74) is 2.42. The number of nitrogens with one attached hydrogen (secondary N) is 2. The molecule has 2 fully saturated rings. The smallest absolute Gasteiger partial charge is 0.322 e. The van der Waals surface area contributed by atoms with Crippen LogP contribution in [0.3, 0.4) is 0 Å². The topological polar surface area (TPSA) is 122 Å². The number of rotatable bonds is 8. The van der Waals surface area contributed by atoms with E-state index < -0.39 is 23.4 Å². The summed E-state index contributed by atoms with van der Waals surface area (Å²) in [6, 6.07) is 9.36. The monoisotopic (exact) mass is 443 g/mol. The van der Waals surface area contributed by atoms with Gasteiger partial charge in [0.15, 0.2) is 0 Å². The third kappa shape index (κ3) is 4.71. The Labute approximate surface area is 184 Å². The molecule has 11 heteroatoms. The van der Waals surface area contributed by atoms with Gasteiger partial charge < -0.3 is 5.32 Å². The summed E-state index contributed by atoms with van der Waals surface area (Å²) in [5.74, 6) is -0.949. The summed E-state index contributed by atoms with van der Waals surface area (Å²) < 4.78 is 1.76. The third-order valence-corrected chi connectivity index (χ3v) is 6.65. The molecule has 1 aromatic carbocycles. The molecular weight excluding hydrogens is 418 g/mol. The van der Waals surface area contributed by atoms with Crippen molar-refractivity contribution >= 4 is 29.6 Å². The van der Waals surface area contributed by atoms with Gasteiger partial charge in [0.25, 0.3) is 5.91 Å². The molecule has 0 spiro atoms.